The maximum absolute atomic E-state index is 12.6. The standard InChI is InChI=1S/C16H18N2O4/c1-10-12(16(20)21-2)8-13-14(17-10)5-6-18(15(13)19)9-11-4-3-7-22-11/h5-6,8,11H,3-4,7,9H2,1-2H3/t11-/m0/s1. The number of pyridine rings is 2. The molecule has 1 aliphatic rings. The van der Waals surface area contributed by atoms with Gasteiger partial charge in [0.25, 0.3) is 5.56 Å². The van der Waals surface area contributed by atoms with E-state index in [0.717, 1.165) is 19.4 Å². The molecule has 0 saturated carbocycles. The van der Waals surface area contributed by atoms with Crippen LogP contribution in [0, 0.1) is 6.92 Å². The van der Waals surface area contributed by atoms with Gasteiger partial charge in [-0.15, -0.1) is 0 Å². The highest BCUT2D eigenvalue weighted by Gasteiger charge is 2.18. The van der Waals surface area contributed by atoms with Crippen LogP contribution in [0.4, 0.5) is 0 Å². The molecule has 1 aliphatic heterocycles. The van der Waals surface area contributed by atoms with Gasteiger partial charge in [-0.25, -0.2) is 4.79 Å². The molecule has 3 rings (SSSR count). The van der Waals surface area contributed by atoms with Crippen molar-refractivity contribution in [3.63, 3.8) is 0 Å². The molecule has 0 aliphatic carbocycles. The lowest BCUT2D eigenvalue weighted by Crippen LogP contribution is -2.26. The Morgan fingerprint density at radius 3 is 3.05 bits per heavy atom. The predicted octanol–water partition coefficient (Wildman–Crippen LogP) is 1.67. The second-order valence-corrected chi connectivity index (χ2v) is 5.45. The summed E-state index contributed by atoms with van der Waals surface area (Å²) in [6.07, 6.45) is 3.80. The van der Waals surface area contributed by atoms with Gasteiger partial charge in [0.05, 0.1) is 41.9 Å². The van der Waals surface area contributed by atoms with E-state index in [9.17, 15) is 9.59 Å². The summed E-state index contributed by atoms with van der Waals surface area (Å²) in [6.45, 7) is 3.00. The van der Waals surface area contributed by atoms with Crippen LogP contribution in [-0.2, 0) is 16.0 Å². The third-order valence-electron chi connectivity index (χ3n) is 3.98. The zero-order chi connectivity index (χ0) is 15.7. The summed E-state index contributed by atoms with van der Waals surface area (Å²) in [5.41, 5.74) is 1.29. The molecule has 6 nitrogen and oxygen atoms in total. The molecule has 0 aromatic carbocycles. The molecule has 0 N–H and O–H groups in total. The molecule has 3 heterocycles. The fraction of sp³-hybridized carbons (Fsp3) is 0.438. The highest BCUT2D eigenvalue weighted by atomic mass is 16.5. The normalized spacial score (nSPS) is 17.8. The van der Waals surface area contributed by atoms with Gasteiger partial charge in [0.15, 0.2) is 0 Å². The highest BCUT2D eigenvalue weighted by Crippen LogP contribution is 2.16. The molecule has 116 valence electrons. The average Bonchev–Trinajstić information content (AvgIpc) is 3.02. The van der Waals surface area contributed by atoms with Crippen LogP contribution in [0.2, 0.25) is 0 Å². The second kappa shape index (κ2) is 5.88. The Kier molecular flexibility index (Phi) is 3.94. The van der Waals surface area contributed by atoms with Crippen molar-refractivity contribution in [1.82, 2.24) is 9.55 Å². The minimum atomic E-state index is -0.485. The van der Waals surface area contributed by atoms with Crippen molar-refractivity contribution in [1.29, 1.82) is 0 Å². The van der Waals surface area contributed by atoms with Gasteiger partial charge in [-0.2, -0.15) is 0 Å². The lowest BCUT2D eigenvalue weighted by atomic mass is 10.1. The minimum absolute atomic E-state index is 0.0774. The van der Waals surface area contributed by atoms with Gasteiger partial charge in [0.2, 0.25) is 0 Å². The van der Waals surface area contributed by atoms with Gasteiger partial charge in [-0.05, 0) is 31.9 Å². The van der Waals surface area contributed by atoms with Crippen LogP contribution >= 0.6 is 0 Å². The first-order valence-electron chi connectivity index (χ1n) is 7.31. The number of carbonyl (C=O) groups excluding carboxylic acids is 1. The summed E-state index contributed by atoms with van der Waals surface area (Å²) < 4.78 is 11.9. The van der Waals surface area contributed by atoms with Crippen molar-refractivity contribution in [2.45, 2.75) is 32.4 Å². The number of fused-ring (bicyclic) bond motifs is 1. The molecule has 0 bridgehead atoms. The molecule has 0 radical (unpaired) electrons. The summed E-state index contributed by atoms with van der Waals surface area (Å²) in [5, 5.41) is 0.423. The van der Waals surface area contributed by atoms with Gasteiger partial charge >= 0.3 is 5.97 Å². The molecular weight excluding hydrogens is 284 g/mol. The smallest absolute Gasteiger partial charge is 0.339 e. The van der Waals surface area contributed by atoms with Crippen LogP contribution in [0.25, 0.3) is 10.9 Å². The van der Waals surface area contributed by atoms with Crippen LogP contribution < -0.4 is 5.56 Å². The second-order valence-electron chi connectivity index (χ2n) is 5.45. The number of nitrogens with zero attached hydrogens (tertiary/aromatic N) is 2. The van der Waals surface area contributed by atoms with E-state index in [1.54, 1.807) is 29.8 Å². The zero-order valence-corrected chi connectivity index (χ0v) is 12.7. The number of aryl methyl sites for hydroxylation is 1. The van der Waals surface area contributed by atoms with E-state index in [-0.39, 0.29) is 11.7 Å². The van der Waals surface area contributed by atoms with Crippen molar-refractivity contribution in [3.05, 3.63) is 39.9 Å². The van der Waals surface area contributed by atoms with Gasteiger partial charge in [-0.1, -0.05) is 0 Å². The fourth-order valence-corrected chi connectivity index (χ4v) is 2.77. The summed E-state index contributed by atoms with van der Waals surface area (Å²) in [6, 6.07) is 3.36. The number of ether oxygens (including phenoxy) is 2. The van der Waals surface area contributed by atoms with E-state index in [4.69, 9.17) is 9.47 Å². The third-order valence-corrected chi connectivity index (χ3v) is 3.98. The Balaban J connectivity index is 2.06. The van der Waals surface area contributed by atoms with E-state index < -0.39 is 5.97 Å². The Morgan fingerprint density at radius 2 is 2.36 bits per heavy atom. The number of hydrogen-bond donors (Lipinski definition) is 0. The number of methoxy groups -OCH3 is 1. The SMILES string of the molecule is COC(=O)c1cc2c(=O)n(C[C@@H]3CCCO3)ccc2nc1C. The van der Waals surface area contributed by atoms with Crippen molar-refractivity contribution in [2.24, 2.45) is 0 Å². The third kappa shape index (κ3) is 2.62. The lowest BCUT2D eigenvalue weighted by molar-refractivity contribution is 0.0599. The topological polar surface area (TPSA) is 70.4 Å². The molecule has 2 aromatic rings. The molecule has 0 spiro atoms. The molecule has 1 atom stereocenters. The van der Waals surface area contributed by atoms with Gasteiger partial charge in [0, 0.05) is 12.8 Å². The van der Waals surface area contributed by atoms with Crippen LogP contribution in [-0.4, -0.2) is 35.3 Å². The molecule has 6 heteroatoms. The highest BCUT2D eigenvalue weighted by molar-refractivity contribution is 5.94. The summed E-state index contributed by atoms with van der Waals surface area (Å²) in [7, 11) is 1.31. The predicted molar refractivity (Wildman–Crippen MR) is 81.1 cm³/mol. The van der Waals surface area contributed by atoms with E-state index in [1.807, 2.05) is 0 Å². The number of aromatic nitrogens is 2. The summed E-state index contributed by atoms with van der Waals surface area (Å²) in [4.78, 5) is 28.7. The lowest BCUT2D eigenvalue weighted by Gasteiger charge is -2.13. The van der Waals surface area contributed by atoms with E-state index in [1.165, 1.54) is 7.11 Å². The largest absolute Gasteiger partial charge is 0.465 e. The van der Waals surface area contributed by atoms with Gasteiger partial charge < -0.3 is 14.0 Å². The fourth-order valence-electron chi connectivity index (χ4n) is 2.77. The van der Waals surface area contributed by atoms with Crippen LogP contribution in [0.15, 0.2) is 23.1 Å². The number of esters is 1. The molecule has 22 heavy (non-hydrogen) atoms. The Labute approximate surface area is 127 Å². The summed E-state index contributed by atoms with van der Waals surface area (Å²) >= 11 is 0. The van der Waals surface area contributed by atoms with Crippen molar-refractivity contribution in [3.8, 4) is 0 Å². The number of rotatable bonds is 3. The maximum Gasteiger partial charge on any atom is 0.339 e. The van der Waals surface area contributed by atoms with Gasteiger partial charge in [0.1, 0.15) is 0 Å². The Bertz CT molecular complexity index is 776. The molecular formula is C16H18N2O4. The van der Waals surface area contributed by atoms with E-state index in [0.29, 0.717) is 28.7 Å². The quantitative estimate of drug-likeness (QED) is 0.807. The zero-order valence-electron chi connectivity index (χ0n) is 12.7. The minimum Gasteiger partial charge on any atom is -0.465 e. The summed E-state index contributed by atoms with van der Waals surface area (Å²) in [5.74, 6) is -0.485. The number of carbonyl (C=O) groups is 1. The average molecular weight is 302 g/mol. The Morgan fingerprint density at radius 1 is 1.55 bits per heavy atom. The van der Waals surface area contributed by atoms with Gasteiger partial charge in [-0.3, -0.25) is 9.78 Å². The van der Waals surface area contributed by atoms with E-state index >= 15 is 0 Å². The first-order valence-corrected chi connectivity index (χ1v) is 7.31. The van der Waals surface area contributed by atoms with Crippen LogP contribution in [0.3, 0.4) is 0 Å². The van der Waals surface area contributed by atoms with Crippen LogP contribution in [0.5, 0.6) is 0 Å². The molecule has 1 saturated heterocycles. The number of hydrogen-bond acceptors (Lipinski definition) is 5. The van der Waals surface area contributed by atoms with Crippen molar-refractivity contribution in [2.75, 3.05) is 13.7 Å². The molecule has 1 fully saturated rings. The first kappa shape index (κ1) is 14.7. The molecule has 0 amide bonds. The Hall–Kier alpha value is -2.21. The van der Waals surface area contributed by atoms with E-state index in [2.05, 4.69) is 4.98 Å². The molecule has 0 unspecified atom stereocenters. The van der Waals surface area contributed by atoms with Crippen LogP contribution in [0.1, 0.15) is 28.9 Å². The first-order chi connectivity index (χ1) is 10.6. The van der Waals surface area contributed by atoms with Crippen molar-refractivity contribution < 1.29 is 14.3 Å². The van der Waals surface area contributed by atoms with Crippen molar-refractivity contribution >= 4 is 16.9 Å². The molecule has 2 aromatic heterocycles. The monoisotopic (exact) mass is 302 g/mol. The maximum atomic E-state index is 12.6.